The van der Waals surface area contributed by atoms with Crippen molar-refractivity contribution in [2.24, 2.45) is 0 Å². The molecular formula is C17H28N2. The van der Waals surface area contributed by atoms with E-state index in [-0.39, 0.29) is 0 Å². The molecule has 19 heavy (non-hydrogen) atoms. The van der Waals surface area contributed by atoms with Crippen LogP contribution in [0.15, 0.2) is 24.3 Å². The van der Waals surface area contributed by atoms with E-state index in [1.807, 2.05) is 0 Å². The average Bonchev–Trinajstić information content (AvgIpc) is 2.35. The van der Waals surface area contributed by atoms with Crippen LogP contribution in [0, 0.1) is 0 Å². The number of rotatable bonds is 6. The monoisotopic (exact) mass is 260 g/mol. The summed E-state index contributed by atoms with van der Waals surface area (Å²) >= 11 is 0. The summed E-state index contributed by atoms with van der Waals surface area (Å²) in [7, 11) is 0. The molecule has 1 aromatic rings. The van der Waals surface area contributed by atoms with Gasteiger partial charge in [0.05, 0.1) is 0 Å². The quantitative estimate of drug-likeness (QED) is 0.841. The van der Waals surface area contributed by atoms with E-state index < -0.39 is 0 Å². The second kappa shape index (κ2) is 6.53. The van der Waals surface area contributed by atoms with Gasteiger partial charge < -0.3 is 5.32 Å². The van der Waals surface area contributed by atoms with Crippen molar-refractivity contribution in [3.05, 3.63) is 35.4 Å². The molecule has 1 aliphatic heterocycles. The van der Waals surface area contributed by atoms with Crippen LogP contribution in [-0.2, 0) is 0 Å². The highest BCUT2D eigenvalue weighted by Crippen LogP contribution is 2.25. The van der Waals surface area contributed by atoms with Crippen LogP contribution >= 0.6 is 0 Å². The molecule has 2 heteroatoms. The summed E-state index contributed by atoms with van der Waals surface area (Å²) in [6.07, 6.45) is 1.23. The van der Waals surface area contributed by atoms with Gasteiger partial charge in [0.15, 0.2) is 0 Å². The molecule has 1 aromatic carbocycles. The maximum absolute atomic E-state index is 3.39. The van der Waals surface area contributed by atoms with Crippen molar-refractivity contribution >= 4 is 0 Å². The van der Waals surface area contributed by atoms with E-state index in [0.717, 1.165) is 19.1 Å². The van der Waals surface area contributed by atoms with E-state index in [1.54, 1.807) is 0 Å². The molecule has 0 bridgehead atoms. The van der Waals surface area contributed by atoms with E-state index in [1.165, 1.54) is 24.1 Å². The van der Waals surface area contributed by atoms with Crippen molar-refractivity contribution in [1.29, 1.82) is 0 Å². The van der Waals surface area contributed by atoms with Crippen LogP contribution in [0.2, 0.25) is 0 Å². The second-order valence-corrected chi connectivity index (χ2v) is 6.05. The third kappa shape index (κ3) is 3.37. The minimum atomic E-state index is 0.522. The van der Waals surface area contributed by atoms with Crippen LogP contribution in [0.3, 0.4) is 0 Å². The van der Waals surface area contributed by atoms with Gasteiger partial charge in [-0.1, -0.05) is 45.0 Å². The fraction of sp³-hybridized carbons (Fsp3) is 0.647. The van der Waals surface area contributed by atoms with Gasteiger partial charge in [0, 0.05) is 25.2 Å². The maximum Gasteiger partial charge on any atom is 0.0351 e. The Morgan fingerprint density at radius 3 is 2.11 bits per heavy atom. The molecule has 0 radical (unpaired) electrons. The first-order chi connectivity index (χ1) is 9.13. The largest absolute Gasteiger partial charge is 0.314 e. The van der Waals surface area contributed by atoms with Crippen LogP contribution in [-0.4, -0.2) is 30.6 Å². The van der Waals surface area contributed by atoms with E-state index in [2.05, 4.69) is 62.2 Å². The van der Waals surface area contributed by atoms with Gasteiger partial charge in [0.1, 0.15) is 0 Å². The fourth-order valence-corrected chi connectivity index (χ4v) is 2.81. The molecule has 0 aromatic heterocycles. The molecule has 0 spiro atoms. The zero-order valence-corrected chi connectivity index (χ0v) is 12.8. The minimum Gasteiger partial charge on any atom is -0.314 e. The summed E-state index contributed by atoms with van der Waals surface area (Å²) in [5.74, 6) is 0.618. The lowest BCUT2D eigenvalue weighted by molar-refractivity contribution is 0.103. The second-order valence-electron chi connectivity index (χ2n) is 6.05. The average molecular weight is 260 g/mol. The Balaban J connectivity index is 2.09. The first kappa shape index (κ1) is 14.5. The van der Waals surface area contributed by atoms with Gasteiger partial charge in [0.25, 0.3) is 0 Å². The highest BCUT2D eigenvalue weighted by molar-refractivity contribution is 5.26. The normalized spacial score (nSPS) is 17.8. The Morgan fingerprint density at radius 1 is 1.11 bits per heavy atom. The molecule has 2 rings (SSSR count). The number of hydrogen-bond donors (Lipinski definition) is 1. The van der Waals surface area contributed by atoms with Crippen molar-refractivity contribution in [1.82, 2.24) is 10.2 Å². The summed E-state index contributed by atoms with van der Waals surface area (Å²) in [5, 5.41) is 3.39. The van der Waals surface area contributed by atoms with Gasteiger partial charge in [-0.05, 0) is 36.9 Å². The molecule has 106 valence electrons. The van der Waals surface area contributed by atoms with Crippen LogP contribution in [0.25, 0.3) is 0 Å². The van der Waals surface area contributed by atoms with Gasteiger partial charge in [-0.15, -0.1) is 0 Å². The minimum absolute atomic E-state index is 0.522. The summed E-state index contributed by atoms with van der Waals surface area (Å²) in [6, 6.07) is 10.5. The van der Waals surface area contributed by atoms with Crippen molar-refractivity contribution in [2.45, 2.75) is 52.1 Å². The Bertz CT molecular complexity index is 379. The highest BCUT2D eigenvalue weighted by atomic mass is 15.2. The van der Waals surface area contributed by atoms with Gasteiger partial charge in [-0.2, -0.15) is 0 Å². The molecule has 1 unspecified atom stereocenters. The summed E-state index contributed by atoms with van der Waals surface area (Å²) < 4.78 is 0. The fourth-order valence-electron chi connectivity index (χ4n) is 2.81. The summed E-state index contributed by atoms with van der Waals surface area (Å²) in [4.78, 5) is 2.65. The number of hydrogen-bond acceptors (Lipinski definition) is 2. The Hall–Kier alpha value is -0.860. The number of benzene rings is 1. The zero-order chi connectivity index (χ0) is 13.8. The molecule has 1 atom stereocenters. The molecule has 1 saturated heterocycles. The van der Waals surface area contributed by atoms with Crippen molar-refractivity contribution < 1.29 is 0 Å². The predicted octanol–water partition coefficient (Wildman–Crippen LogP) is 3.55. The van der Waals surface area contributed by atoms with Crippen molar-refractivity contribution in [3.63, 3.8) is 0 Å². The zero-order valence-electron chi connectivity index (χ0n) is 12.8. The Morgan fingerprint density at radius 2 is 1.68 bits per heavy atom. The molecule has 1 heterocycles. The smallest absolute Gasteiger partial charge is 0.0351 e. The van der Waals surface area contributed by atoms with E-state index >= 15 is 0 Å². The highest BCUT2D eigenvalue weighted by Gasteiger charge is 2.28. The molecule has 1 fully saturated rings. The topological polar surface area (TPSA) is 15.3 Å². The van der Waals surface area contributed by atoms with Gasteiger partial charge in [-0.3, -0.25) is 4.90 Å². The third-order valence-corrected chi connectivity index (χ3v) is 4.29. The van der Waals surface area contributed by atoms with Gasteiger partial charge in [0.2, 0.25) is 0 Å². The van der Waals surface area contributed by atoms with E-state index in [4.69, 9.17) is 0 Å². The van der Waals surface area contributed by atoms with Gasteiger partial charge >= 0.3 is 0 Å². The van der Waals surface area contributed by atoms with Crippen molar-refractivity contribution in [2.75, 3.05) is 19.6 Å². The molecular weight excluding hydrogens is 232 g/mol. The maximum atomic E-state index is 3.39. The SMILES string of the molecule is CCCN(C1CNC1)C(C)c1ccc(C(C)C)cc1. The van der Waals surface area contributed by atoms with Gasteiger partial charge in [-0.25, -0.2) is 0 Å². The van der Waals surface area contributed by atoms with E-state index in [0.29, 0.717) is 12.0 Å². The predicted molar refractivity (Wildman–Crippen MR) is 82.6 cm³/mol. The molecule has 0 aliphatic carbocycles. The standard InChI is InChI=1S/C17H28N2/c1-5-10-19(17-11-18-12-17)14(4)16-8-6-15(7-9-16)13(2)3/h6-9,13-14,17-18H,5,10-12H2,1-4H3. The summed E-state index contributed by atoms with van der Waals surface area (Å²) in [6.45, 7) is 12.6. The van der Waals surface area contributed by atoms with Crippen LogP contribution in [0.1, 0.15) is 57.2 Å². The first-order valence-corrected chi connectivity index (χ1v) is 7.69. The van der Waals surface area contributed by atoms with Crippen LogP contribution in [0.4, 0.5) is 0 Å². The number of nitrogens with zero attached hydrogens (tertiary/aromatic N) is 1. The molecule has 0 saturated carbocycles. The lowest BCUT2D eigenvalue weighted by atomic mass is 9.97. The molecule has 0 amide bonds. The molecule has 1 N–H and O–H groups in total. The van der Waals surface area contributed by atoms with E-state index in [9.17, 15) is 0 Å². The first-order valence-electron chi connectivity index (χ1n) is 7.69. The lowest BCUT2D eigenvalue weighted by Gasteiger charge is -2.42. The van der Waals surface area contributed by atoms with Crippen molar-refractivity contribution in [3.8, 4) is 0 Å². The number of nitrogens with one attached hydrogen (secondary N) is 1. The molecule has 1 aliphatic rings. The van der Waals surface area contributed by atoms with Crippen LogP contribution < -0.4 is 5.32 Å². The Kier molecular flexibility index (Phi) is 5.00. The van der Waals surface area contributed by atoms with Crippen LogP contribution in [0.5, 0.6) is 0 Å². The Labute approximate surface area is 118 Å². The molecule has 2 nitrogen and oxygen atoms in total. The summed E-state index contributed by atoms with van der Waals surface area (Å²) in [5.41, 5.74) is 2.88. The third-order valence-electron chi connectivity index (χ3n) is 4.29. The lowest BCUT2D eigenvalue weighted by Crippen LogP contribution is -2.57.